The van der Waals surface area contributed by atoms with Crippen LogP contribution in [0.4, 0.5) is 13.2 Å². The number of hydrogen-bond acceptors (Lipinski definition) is 3. The maximum Gasteiger partial charge on any atom is 0.522 e. The molecule has 30 heavy (non-hydrogen) atoms. The second-order valence-electron chi connectivity index (χ2n) is 4.42. The Labute approximate surface area is 195 Å². The number of aliphatic hydroxyl groups is 1. The molecule has 1 aromatic rings. The summed E-state index contributed by atoms with van der Waals surface area (Å²) < 4.78 is 58.8. The third kappa shape index (κ3) is 27.4. The molecule has 0 spiro atoms. The van der Waals surface area contributed by atoms with E-state index >= 15 is 0 Å². The van der Waals surface area contributed by atoms with Gasteiger partial charge in [-0.1, -0.05) is 107 Å². The van der Waals surface area contributed by atoms with Crippen LogP contribution >= 0.6 is 22.6 Å². The summed E-state index contributed by atoms with van der Waals surface area (Å²) in [6.07, 6.45) is 3.98. The third-order valence-corrected chi connectivity index (χ3v) is 4.09. The van der Waals surface area contributed by atoms with Crippen LogP contribution in [0.3, 0.4) is 0 Å². The minimum atomic E-state index is -5.84. The number of halogens is 4. The zero-order valence-electron chi connectivity index (χ0n) is 19.2. The molecule has 0 aliphatic heterocycles. The van der Waals surface area contributed by atoms with Crippen molar-refractivity contribution in [2.24, 2.45) is 0 Å². The van der Waals surface area contributed by atoms with Gasteiger partial charge in [-0.2, -0.15) is 21.6 Å². The van der Waals surface area contributed by atoms with Gasteiger partial charge >= 0.3 is 15.6 Å². The first-order chi connectivity index (χ1) is 14.0. The molecule has 0 aliphatic rings. The Kier molecular flexibility index (Phi) is 37.6. The van der Waals surface area contributed by atoms with Crippen LogP contribution in [0, 0.1) is 0 Å². The molecular formula is C21H40F3IO4S. The molecule has 182 valence electrons. The second-order valence-corrected chi connectivity index (χ2v) is 6.92. The Balaban J connectivity index is -0.000000101. The van der Waals surface area contributed by atoms with Crippen molar-refractivity contribution in [1.82, 2.24) is 0 Å². The van der Waals surface area contributed by atoms with E-state index in [1.54, 1.807) is 0 Å². The van der Waals surface area contributed by atoms with Gasteiger partial charge in [0.05, 0.1) is 6.61 Å². The lowest BCUT2D eigenvalue weighted by molar-refractivity contribution is -0.0510. The van der Waals surface area contributed by atoms with E-state index in [1.807, 2.05) is 78.0 Å². The minimum Gasteiger partial charge on any atom is -0.396 e. The molecule has 1 aromatic carbocycles. The molecule has 0 aromatic heterocycles. The summed E-state index contributed by atoms with van der Waals surface area (Å²) >= 11 is 2.35. The topological polar surface area (TPSA) is 74.6 Å². The molecule has 0 unspecified atom stereocenters. The highest BCUT2D eigenvalue weighted by Gasteiger charge is 2.44. The number of rotatable bonds is 5. The molecule has 0 saturated carbocycles. The summed E-state index contributed by atoms with van der Waals surface area (Å²) in [4.78, 5) is 0. The Morgan fingerprint density at radius 1 is 1.07 bits per heavy atom. The molecule has 0 aliphatic carbocycles. The monoisotopic (exact) mass is 572 g/mol. The number of benzene rings is 1. The van der Waals surface area contributed by atoms with Gasteiger partial charge in [0.2, 0.25) is 0 Å². The summed E-state index contributed by atoms with van der Waals surface area (Å²) in [7, 11) is -5.84. The van der Waals surface area contributed by atoms with Crippen LogP contribution in [0.2, 0.25) is 0 Å². The zero-order chi connectivity index (χ0) is 25.2. The van der Waals surface area contributed by atoms with Gasteiger partial charge in [-0.05, 0) is 22.8 Å². The predicted octanol–water partition coefficient (Wildman–Crippen LogP) is 7.64. The van der Waals surface area contributed by atoms with Gasteiger partial charge in [-0.3, -0.25) is 4.55 Å². The molecule has 1 rings (SSSR count). The van der Waals surface area contributed by atoms with E-state index in [1.165, 1.54) is 16.4 Å². The summed E-state index contributed by atoms with van der Waals surface area (Å²) in [5.41, 5.74) is -4.35. The molecule has 2 N–H and O–H groups in total. The van der Waals surface area contributed by atoms with Gasteiger partial charge in [0.1, 0.15) is 0 Å². The molecule has 1 atom stereocenters. The quantitative estimate of drug-likeness (QED) is 0.125. The molecule has 0 amide bonds. The van der Waals surface area contributed by atoms with Crippen LogP contribution in [-0.2, 0) is 10.1 Å². The Morgan fingerprint density at radius 2 is 1.40 bits per heavy atom. The van der Waals surface area contributed by atoms with E-state index in [0.717, 1.165) is 6.42 Å². The van der Waals surface area contributed by atoms with E-state index in [0.29, 0.717) is 0 Å². The van der Waals surface area contributed by atoms with Crippen LogP contribution in [-0.4, -0.2) is 34.6 Å². The maximum atomic E-state index is 10.7. The maximum absolute atomic E-state index is 10.7. The lowest BCUT2D eigenvalue weighted by Crippen LogP contribution is -2.21. The van der Waals surface area contributed by atoms with Gasteiger partial charge in [0, 0.05) is 5.92 Å². The smallest absolute Gasteiger partial charge is 0.396 e. The van der Waals surface area contributed by atoms with Crippen molar-refractivity contribution in [2.75, 3.05) is 11.0 Å². The first-order valence-corrected chi connectivity index (χ1v) is 12.9. The SMILES string of the molecule is C=CC[C@H](CO)c1ccccc1.CC.CC.CC.CCCI.O=S(=O)(O)C(F)(F)F. The fourth-order valence-corrected chi connectivity index (χ4v) is 1.24. The molecule has 0 radical (unpaired) electrons. The summed E-state index contributed by atoms with van der Waals surface area (Å²) in [5.74, 6) is 0.212. The number of hydrogen-bond donors (Lipinski definition) is 2. The highest BCUT2D eigenvalue weighted by atomic mass is 127. The zero-order valence-corrected chi connectivity index (χ0v) is 22.2. The predicted molar refractivity (Wildman–Crippen MR) is 132 cm³/mol. The van der Waals surface area contributed by atoms with Gasteiger partial charge < -0.3 is 5.11 Å². The van der Waals surface area contributed by atoms with E-state index in [2.05, 4.69) is 36.1 Å². The first-order valence-electron chi connectivity index (χ1n) is 9.91. The normalized spacial score (nSPS) is 10.3. The lowest BCUT2D eigenvalue weighted by atomic mass is 9.97. The van der Waals surface area contributed by atoms with Crippen LogP contribution in [0.5, 0.6) is 0 Å². The van der Waals surface area contributed by atoms with Gasteiger partial charge in [-0.15, -0.1) is 6.58 Å². The molecule has 0 fully saturated rings. The average molecular weight is 573 g/mol. The Bertz CT molecular complexity index is 535. The molecule has 0 heterocycles. The number of aliphatic hydroxyl groups excluding tert-OH is 1. The van der Waals surface area contributed by atoms with Crippen molar-refractivity contribution in [3.05, 3.63) is 48.6 Å². The molecule has 0 bridgehead atoms. The van der Waals surface area contributed by atoms with Crippen LogP contribution in [0.1, 0.15) is 72.8 Å². The molecule has 0 saturated heterocycles. The van der Waals surface area contributed by atoms with E-state index in [-0.39, 0.29) is 12.5 Å². The molecular weight excluding hydrogens is 532 g/mol. The summed E-state index contributed by atoms with van der Waals surface area (Å²) in [6, 6.07) is 10.0. The first kappa shape index (κ1) is 39.8. The number of alkyl halides is 4. The lowest BCUT2D eigenvalue weighted by Gasteiger charge is -2.11. The third-order valence-electron chi connectivity index (χ3n) is 2.42. The summed E-state index contributed by atoms with van der Waals surface area (Å²) in [6.45, 7) is 18.0. The van der Waals surface area contributed by atoms with Gasteiger partial charge in [0.15, 0.2) is 0 Å². The van der Waals surface area contributed by atoms with Crippen LogP contribution in [0.25, 0.3) is 0 Å². The molecule has 9 heteroatoms. The standard InChI is InChI=1S/C11H14O.C3H7I.3C2H6.CHF3O3S/c1-2-6-11(9-12)10-7-4-3-5-8-10;1-2-3-4;3*1-2;2-1(3,4)8(5,6)7/h2-5,7-8,11-12H,1,6,9H2;2-3H2,1H3;3*1-2H3;(H,5,6,7)/t11-;;;;;/m1...../s1. The van der Waals surface area contributed by atoms with Gasteiger partial charge in [-0.25, -0.2) is 0 Å². The second kappa shape index (κ2) is 28.4. The van der Waals surface area contributed by atoms with Crippen molar-refractivity contribution in [3.8, 4) is 0 Å². The minimum absolute atomic E-state index is 0.191. The Morgan fingerprint density at radius 3 is 1.60 bits per heavy atom. The van der Waals surface area contributed by atoms with Crippen molar-refractivity contribution in [2.45, 2.75) is 72.7 Å². The van der Waals surface area contributed by atoms with Gasteiger partial charge in [0.25, 0.3) is 0 Å². The largest absolute Gasteiger partial charge is 0.522 e. The van der Waals surface area contributed by atoms with E-state index in [9.17, 15) is 13.2 Å². The van der Waals surface area contributed by atoms with Crippen LogP contribution < -0.4 is 0 Å². The van der Waals surface area contributed by atoms with E-state index in [4.69, 9.17) is 18.1 Å². The average Bonchev–Trinajstić information content (AvgIpc) is 2.76. The van der Waals surface area contributed by atoms with Crippen molar-refractivity contribution in [1.29, 1.82) is 0 Å². The van der Waals surface area contributed by atoms with Crippen molar-refractivity contribution < 1.29 is 31.2 Å². The van der Waals surface area contributed by atoms with Crippen molar-refractivity contribution >= 4 is 32.7 Å². The number of allylic oxidation sites excluding steroid dienone is 1. The Hall–Kier alpha value is -0.650. The van der Waals surface area contributed by atoms with Crippen molar-refractivity contribution in [3.63, 3.8) is 0 Å². The van der Waals surface area contributed by atoms with E-state index < -0.39 is 15.6 Å². The summed E-state index contributed by atoms with van der Waals surface area (Å²) in [5, 5.41) is 9.06. The van der Waals surface area contributed by atoms with Crippen LogP contribution in [0.15, 0.2) is 43.0 Å². The highest BCUT2D eigenvalue weighted by Crippen LogP contribution is 2.20. The fourth-order valence-electron chi connectivity index (χ4n) is 1.24. The molecule has 4 nitrogen and oxygen atoms in total. The highest BCUT2D eigenvalue weighted by molar-refractivity contribution is 14.1. The fraction of sp³-hybridized carbons (Fsp3) is 0.619.